The summed E-state index contributed by atoms with van der Waals surface area (Å²) in [4.78, 5) is 24.7. The molecule has 0 spiro atoms. The molecular weight excluding hydrogens is 356 g/mol. The van der Waals surface area contributed by atoms with E-state index >= 15 is 0 Å². The minimum absolute atomic E-state index is 0.0934. The lowest BCUT2D eigenvalue weighted by atomic mass is 9.55. The van der Waals surface area contributed by atoms with E-state index in [0.717, 1.165) is 31.1 Å². The number of carbonyl (C=O) groups is 2. The molecule has 0 heterocycles. The Hall–Kier alpha value is -1.10. The number of esters is 2. The first-order chi connectivity index (χ1) is 13.5. The molecule has 0 radical (unpaired) electrons. The average Bonchev–Trinajstić information content (AvgIpc) is 3.23. The van der Waals surface area contributed by atoms with Crippen LogP contribution in [0.5, 0.6) is 0 Å². The summed E-state index contributed by atoms with van der Waals surface area (Å²) in [6, 6.07) is 0. The third-order valence-electron chi connectivity index (χ3n) is 8.40. The third kappa shape index (κ3) is 3.38. The molecule has 6 fully saturated rings. The molecule has 0 aromatic carbocycles. The van der Waals surface area contributed by atoms with E-state index in [1.165, 1.54) is 32.1 Å². The second-order valence-corrected chi connectivity index (χ2v) is 10.6. The fraction of sp³-hybridized carbons (Fsp3) is 0.913. The maximum absolute atomic E-state index is 12.7. The molecule has 6 aliphatic rings. The van der Waals surface area contributed by atoms with Gasteiger partial charge in [-0.25, -0.2) is 0 Å². The predicted molar refractivity (Wildman–Crippen MR) is 102 cm³/mol. The lowest BCUT2D eigenvalue weighted by Crippen LogP contribution is -2.49. The molecule has 0 aliphatic heterocycles. The highest BCUT2D eigenvalue weighted by atomic mass is 16.7. The molecule has 0 aromatic rings. The molecule has 0 aromatic heterocycles. The second kappa shape index (κ2) is 7.30. The highest BCUT2D eigenvalue weighted by Crippen LogP contribution is 2.55. The van der Waals surface area contributed by atoms with Gasteiger partial charge in [0.05, 0.1) is 17.9 Å². The minimum atomic E-state index is -0.158. The average molecular weight is 391 g/mol. The van der Waals surface area contributed by atoms with E-state index in [-0.39, 0.29) is 42.6 Å². The molecule has 0 N–H and O–H groups in total. The molecule has 6 bridgehead atoms. The molecule has 6 aliphatic carbocycles. The molecular formula is C23H34O5. The van der Waals surface area contributed by atoms with Crippen LogP contribution in [0.25, 0.3) is 0 Å². The van der Waals surface area contributed by atoms with Crippen LogP contribution in [0, 0.1) is 47.3 Å². The van der Waals surface area contributed by atoms with Crippen LogP contribution in [0.15, 0.2) is 0 Å². The molecule has 5 heteroatoms. The summed E-state index contributed by atoms with van der Waals surface area (Å²) < 4.78 is 17.4. The SMILES string of the molecule is CC(C)C(=O)OC1CC2CC(C(=O)OCOC3C4CC5CC(C4)CC3C5)C1C2. The largest absolute Gasteiger partial charge is 0.462 e. The van der Waals surface area contributed by atoms with Crippen molar-refractivity contribution >= 4 is 11.9 Å². The zero-order valence-electron chi connectivity index (χ0n) is 17.2. The van der Waals surface area contributed by atoms with Crippen LogP contribution in [-0.4, -0.2) is 30.9 Å². The molecule has 4 atom stereocenters. The van der Waals surface area contributed by atoms with E-state index in [2.05, 4.69) is 0 Å². The van der Waals surface area contributed by atoms with Gasteiger partial charge in [-0.1, -0.05) is 13.8 Å². The smallest absolute Gasteiger partial charge is 0.311 e. The van der Waals surface area contributed by atoms with Gasteiger partial charge in [0, 0.05) is 5.92 Å². The van der Waals surface area contributed by atoms with Gasteiger partial charge < -0.3 is 14.2 Å². The molecule has 6 rings (SSSR count). The van der Waals surface area contributed by atoms with E-state index in [1.807, 2.05) is 13.8 Å². The lowest BCUT2D eigenvalue weighted by molar-refractivity contribution is -0.192. The number of ether oxygens (including phenoxy) is 3. The highest BCUT2D eigenvalue weighted by molar-refractivity contribution is 5.74. The first-order valence-corrected chi connectivity index (χ1v) is 11.5. The van der Waals surface area contributed by atoms with Crippen molar-refractivity contribution < 1.29 is 23.8 Å². The maximum Gasteiger partial charge on any atom is 0.311 e. The van der Waals surface area contributed by atoms with Crippen molar-refractivity contribution in [2.75, 3.05) is 6.79 Å². The summed E-state index contributed by atoms with van der Waals surface area (Å²) in [6.07, 6.45) is 9.59. The lowest BCUT2D eigenvalue weighted by Gasteiger charge is -2.53. The number of hydrogen-bond donors (Lipinski definition) is 0. The molecule has 156 valence electrons. The van der Waals surface area contributed by atoms with E-state index in [9.17, 15) is 9.59 Å². The Kier molecular flexibility index (Phi) is 4.93. The minimum Gasteiger partial charge on any atom is -0.462 e. The maximum atomic E-state index is 12.7. The fourth-order valence-electron chi connectivity index (χ4n) is 7.40. The Labute approximate surface area is 167 Å². The standard InChI is InChI=1S/C23H34O5/c1-12(2)22(24)28-20-10-15-8-18(20)19(9-15)23(25)27-11-26-21-16-4-13-3-14(6-16)7-17(21)5-13/h12-21H,3-11H2,1-2H3. The van der Waals surface area contributed by atoms with Crippen molar-refractivity contribution in [1.82, 2.24) is 0 Å². The number of carbonyl (C=O) groups excluding carboxylic acids is 2. The van der Waals surface area contributed by atoms with Gasteiger partial charge in [-0.2, -0.15) is 0 Å². The topological polar surface area (TPSA) is 61.8 Å². The van der Waals surface area contributed by atoms with Crippen LogP contribution in [0.3, 0.4) is 0 Å². The Morgan fingerprint density at radius 3 is 2.11 bits per heavy atom. The number of hydrogen-bond acceptors (Lipinski definition) is 5. The van der Waals surface area contributed by atoms with Gasteiger partial charge in [-0.15, -0.1) is 0 Å². The van der Waals surface area contributed by atoms with Gasteiger partial charge in [-0.3, -0.25) is 9.59 Å². The normalized spacial score (nSPS) is 45.6. The Bertz CT molecular complexity index is 600. The fourth-order valence-corrected chi connectivity index (χ4v) is 7.40. The van der Waals surface area contributed by atoms with Crippen molar-refractivity contribution in [2.24, 2.45) is 47.3 Å². The van der Waals surface area contributed by atoms with Crippen LogP contribution in [-0.2, 0) is 23.8 Å². The van der Waals surface area contributed by atoms with Crippen LogP contribution in [0.1, 0.15) is 65.2 Å². The van der Waals surface area contributed by atoms with Gasteiger partial charge in [-0.05, 0) is 81.0 Å². The van der Waals surface area contributed by atoms with E-state index < -0.39 is 0 Å². The molecule has 5 nitrogen and oxygen atoms in total. The summed E-state index contributed by atoms with van der Waals surface area (Å²) in [5.74, 6) is 3.24. The predicted octanol–water partition coefficient (Wildman–Crippen LogP) is 3.94. The van der Waals surface area contributed by atoms with Crippen molar-refractivity contribution in [3.63, 3.8) is 0 Å². The Morgan fingerprint density at radius 1 is 0.857 bits per heavy atom. The van der Waals surface area contributed by atoms with Crippen LogP contribution in [0.2, 0.25) is 0 Å². The summed E-state index contributed by atoms with van der Waals surface area (Å²) in [7, 11) is 0. The summed E-state index contributed by atoms with van der Waals surface area (Å²) in [6.45, 7) is 3.79. The monoisotopic (exact) mass is 390 g/mol. The van der Waals surface area contributed by atoms with Gasteiger partial charge in [0.2, 0.25) is 0 Å². The first kappa shape index (κ1) is 18.9. The molecule has 4 unspecified atom stereocenters. The quantitative estimate of drug-likeness (QED) is 0.508. The van der Waals surface area contributed by atoms with Gasteiger partial charge in [0.15, 0.2) is 6.79 Å². The van der Waals surface area contributed by atoms with Crippen LogP contribution in [0.4, 0.5) is 0 Å². The molecule has 0 amide bonds. The molecule has 28 heavy (non-hydrogen) atoms. The van der Waals surface area contributed by atoms with E-state index in [0.29, 0.717) is 23.9 Å². The number of rotatable bonds is 6. The van der Waals surface area contributed by atoms with Crippen LogP contribution < -0.4 is 0 Å². The van der Waals surface area contributed by atoms with Gasteiger partial charge >= 0.3 is 11.9 Å². The first-order valence-electron chi connectivity index (χ1n) is 11.5. The Morgan fingerprint density at radius 2 is 1.50 bits per heavy atom. The van der Waals surface area contributed by atoms with Crippen LogP contribution >= 0.6 is 0 Å². The number of fused-ring (bicyclic) bond motifs is 2. The third-order valence-corrected chi connectivity index (χ3v) is 8.40. The highest BCUT2D eigenvalue weighted by Gasteiger charge is 2.52. The summed E-state index contributed by atoms with van der Waals surface area (Å²) in [5.41, 5.74) is 0. The summed E-state index contributed by atoms with van der Waals surface area (Å²) in [5, 5.41) is 0. The zero-order valence-corrected chi connectivity index (χ0v) is 17.2. The van der Waals surface area contributed by atoms with Gasteiger partial charge in [0.1, 0.15) is 6.10 Å². The van der Waals surface area contributed by atoms with Gasteiger partial charge in [0.25, 0.3) is 0 Å². The second-order valence-electron chi connectivity index (χ2n) is 10.6. The van der Waals surface area contributed by atoms with E-state index in [1.54, 1.807) is 0 Å². The van der Waals surface area contributed by atoms with Crippen molar-refractivity contribution in [3.05, 3.63) is 0 Å². The Balaban J connectivity index is 1.11. The molecule has 0 saturated heterocycles. The van der Waals surface area contributed by atoms with Crippen molar-refractivity contribution in [2.45, 2.75) is 77.4 Å². The summed E-state index contributed by atoms with van der Waals surface area (Å²) >= 11 is 0. The van der Waals surface area contributed by atoms with Crippen molar-refractivity contribution in [3.8, 4) is 0 Å². The van der Waals surface area contributed by atoms with Crippen molar-refractivity contribution in [1.29, 1.82) is 0 Å². The zero-order chi connectivity index (χ0) is 19.4. The van der Waals surface area contributed by atoms with E-state index in [4.69, 9.17) is 14.2 Å². The molecule has 6 saturated carbocycles.